The van der Waals surface area contributed by atoms with E-state index in [-0.39, 0.29) is 5.41 Å². The Morgan fingerprint density at radius 2 is 2.04 bits per heavy atom. The zero-order valence-corrected chi connectivity index (χ0v) is 15.6. The van der Waals surface area contributed by atoms with Crippen molar-refractivity contribution in [2.45, 2.75) is 44.8 Å². The van der Waals surface area contributed by atoms with Gasteiger partial charge < -0.3 is 24.6 Å². The number of carbonyl (C=O) groups is 1. The van der Waals surface area contributed by atoms with E-state index in [2.05, 4.69) is 11.9 Å². The molecule has 1 aromatic rings. The number of amides is 1. The highest BCUT2D eigenvalue weighted by atomic mass is 16.6. The average Bonchev–Trinajstić information content (AvgIpc) is 2.67. The predicted molar refractivity (Wildman–Crippen MR) is 100 cm³/mol. The number of aliphatic hydroxyl groups excluding tert-OH is 1. The molecule has 1 aliphatic rings. The van der Waals surface area contributed by atoms with E-state index in [1.54, 1.807) is 24.3 Å². The zero-order chi connectivity index (χ0) is 19.0. The van der Waals surface area contributed by atoms with E-state index in [0.29, 0.717) is 24.5 Å². The molecule has 1 aromatic carbocycles. The summed E-state index contributed by atoms with van der Waals surface area (Å²) in [5.74, 6) is 0.824. The van der Waals surface area contributed by atoms with Crippen molar-refractivity contribution in [1.29, 1.82) is 0 Å². The van der Waals surface area contributed by atoms with Crippen molar-refractivity contribution >= 4 is 12.2 Å². The topological polar surface area (TPSA) is 77.0 Å². The summed E-state index contributed by atoms with van der Waals surface area (Å²) >= 11 is 0. The first-order chi connectivity index (χ1) is 12.5. The number of hydrogen-bond donors (Lipinski definition) is 2. The molecule has 0 aromatic heterocycles. The average molecular weight is 363 g/mol. The fourth-order valence-electron chi connectivity index (χ4n) is 3.50. The lowest BCUT2D eigenvalue weighted by molar-refractivity contribution is -0.106. The number of ether oxygens (including phenoxy) is 3. The molecule has 0 aliphatic heterocycles. The Kier molecular flexibility index (Phi) is 7.48. The minimum atomic E-state index is -0.822. The summed E-state index contributed by atoms with van der Waals surface area (Å²) in [6, 6.07) is 5.24. The first-order valence-electron chi connectivity index (χ1n) is 8.99. The third-order valence-electron chi connectivity index (χ3n) is 5.03. The van der Waals surface area contributed by atoms with E-state index < -0.39 is 12.4 Å². The normalized spacial score (nSPS) is 17.2. The second-order valence-electron chi connectivity index (χ2n) is 6.81. The molecule has 0 bridgehead atoms. The molecule has 6 nitrogen and oxygen atoms in total. The van der Waals surface area contributed by atoms with Crippen molar-refractivity contribution in [3.8, 4) is 11.5 Å². The molecule has 1 aliphatic carbocycles. The van der Waals surface area contributed by atoms with Gasteiger partial charge in [-0.05, 0) is 36.0 Å². The maximum Gasteiger partial charge on any atom is 0.412 e. The highest BCUT2D eigenvalue weighted by molar-refractivity contribution is 5.72. The van der Waals surface area contributed by atoms with Crippen LogP contribution in [-0.2, 0) is 4.74 Å². The first-order valence-corrected chi connectivity index (χ1v) is 8.99. The van der Waals surface area contributed by atoms with Gasteiger partial charge in [0.2, 0.25) is 0 Å². The molecule has 1 amide bonds. The Morgan fingerprint density at radius 1 is 1.31 bits per heavy atom. The highest BCUT2D eigenvalue weighted by Crippen LogP contribution is 2.40. The van der Waals surface area contributed by atoms with Crippen LogP contribution in [0.4, 0.5) is 4.79 Å². The molecule has 0 saturated heterocycles. The summed E-state index contributed by atoms with van der Waals surface area (Å²) in [5.41, 5.74) is 0.716. The second-order valence-corrected chi connectivity index (χ2v) is 6.81. The minimum Gasteiger partial charge on any atom is -0.493 e. The molecular weight excluding hydrogens is 334 g/mol. The van der Waals surface area contributed by atoms with Crippen molar-refractivity contribution in [3.05, 3.63) is 30.3 Å². The summed E-state index contributed by atoms with van der Waals surface area (Å²) in [4.78, 5) is 12.3. The third kappa shape index (κ3) is 5.47. The van der Waals surface area contributed by atoms with Gasteiger partial charge in [-0.3, -0.25) is 0 Å². The SMILES string of the molecule is C=Cc1ccc(OC(=O)NCC2(CC(O)OC)CCCCC2)c(OC)c1. The number of hydrogen-bond acceptors (Lipinski definition) is 5. The Hall–Kier alpha value is -2.05. The zero-order valence-electron chi connectivity index (χ0n) is 15.6. The van der Waals surface area contributed by atoms with Crippen molar-refractivity contribution in [1.82, 2.24) is 5.32 Å². The molecule has 0 heterocycles. The number of aliphatic hydroxyl groups is 1. The maximum absolute atomic E-state index is 12.3. The van der Waals surface area contributed by atoms with E-state index in [1.807, 2.05) is 0 Å². The van der Waals surface area contributed by atoms with Crippen LogP contribution in [0.15, 0.2) is 24.8 Å². The Bertz CT molecular complexity index is 610. The van der Waals surface area contributed by atoms with Gasteiger partial charge in [-0.2, -0.15) is 0 Å². The number of methoxy groups -OCH3 is 2. The summed E-state index contributed by atoms with van der Waals surface area (Å²) < 4.78 is 15.7. The fraction of sp³-hybridized carbons (Fsp3) is 0.550. The van der Waals surface area contributed by atoms with Crippen molar-refractivity contribution in [2.75, 3.05) is 20.8 Å². The molecule has 0 radical (unpaired) electrons. The van der Waals surface area contributed by atoms with Gasteiger partial charge in [0.1, 0.15) is 0 Å². The van der Waals surface area contributed by atoms with Gasteiger partial charge in [-0.15, -0.1) is 0 Å². The highest BCUT2D eigenvalue weighted by Gasteiger charge is 2.35. The number of benzene rings is 1. The van der Waals surface area contributed by atoms with Crippen molar-refractivity contribution in [2.24, 2.45) is 5.41 Å². The van der Waals surface area contributed by atoms with Crippen molar-refractivity contribution in [3.63, 3.8) is 0 Å². The molecule has 6 heteroatoms. The van der Waals surface area contributed by atoms with Crippen LogP contribution in [0.2, 0.25) is 0 Å². The predicted octanol–water partition coefficient (Wildman–Crippen LogP) is 3.73. The maximum atomic E-state index is 12.3. The third-order valence-corrected chi connectivity index (χ3v) is 5.03. The summed E-state index contributed by atoms with van der Waals surface area (Å²) in [7, 11) is 3.01. The van der Waals surface area contributed by atoms with Gasteiger partial charge >= 0.3 is 6.09 Å². The molecule has 2 N–H and O–H groups in total. The van der Waals surface area contributed by atoms with Gasteiger partial charge in [0, 0.05) is 20.1 Å². The van der Waals surface area contributed by atoms with Crippen molar-refractivity contribution < 1.29 is 24.1 Å². The molecule has 2 rings (SSSR count). The van der Waals surface area contributed by atoms with Crippen LogP contribution in [0.1, 0.15) is 44.1 Å². The number of rotatable bonds is 8. The van der Waals surface area contributed by atoms with Crippen LogP contribution in [0, 0.1) is 5.41 Å². The minimum absolute atomic E-state index is 0.163. The summed E-state index contributed by atoms with van der Waals surface area (Å²) in [6.45, 7) is 4.15. The van der Waals surface area contributed by atoms with E-state index in [0.717, 1.165) is 31.2 Å². The van der Waals surface area contributed by atoms with Crippen LogP contribution in [0.25, 0.3) is 6.08 Å². The van der Waals surface area contributed by atoms with E-state index in [9.17, 15) is 9.90 Å². The van der Waals surface area contributed by atoms with Gasteiger partial charge in [-0.1, -0.05) is 38.0 Å². The molecule has 1 atom stereocenters. The van der Waals surface area contributed by atoms with Crippen LogP contribution >= 0.6 is 0 Å². The van der Waals surface area contributed by atoms with Gasteiger partial charge in [-0.25, -0.2) is 4.79 Å². The monoisotopic (exact) mass is 363 g/mol. The molecule has 1 fully saturated rings. The van der Waals surface area contributed by atoms with Crippen LogP contribution in [0.5, 0.6) is 11.5 Å². The largest absolute Gasteiger partial charge is 0.493 e. The van der Waals surface area contributed by atoms with E-state index >= 15 is 0 Å². The smallest absolute Gasteiger partial charge is 0.412 e. The first kappa shape index (κ1) is 20.3. The van der Waals surface area contributed by atoms with Gasteiger partial charge in [0.25, 0.3) is 0 Å². The fourth-order valence-corrected chi connectivity index (χ4v) is 3.50. The molecule has 0 spiro atoms. The number of carbonyl (C=O) groups excluding carboxylic acids is 1. The Balaban J connectivity index is 1.98. The van der Waals surface area contributed by atoms with Gasteiger partial charge in [0.05, 0.1) is 7.11 Å². The standard InChI is InChI=1S/C20H29NO5/c1-4-15-8-9-16(17(12-15)24-2)26-19(23)21-14-20(13-18(22)25-3)10-6-5-7-11-20/h4,8-9,12,18,22H,1,5-7,10-11,13-14H2,2-3H3,(H,21,23). The molecular formula is C20H29NO5. The quantitative estimate of drug-likeness (QED) is 0.688. The molecule has 144 valence electrons. The van der Waals surface area contributed by atoms with Gasteiger partial charge in [0.15, 0.2) is 17.8 Å². The Morgan fingerprint density at radius 3 is 2.65 bits per heavy atom. The Labute approximate surface area is 155 Å². The van der Waals surface area contributed by atoms with E-state index in [1.165, 1.54) is 20.6 Å². The van der Waals surface area contributed by atoms with E-state index in [4.69, 9.17) is 14.2 Å². The van der Waals surface area contributed by atoms with Crippen LogP contribution in [0.3, 0.4) is 0 Å². The summed E-state index contributed by atoms with van der Waals surface area (Å²) in [6.07, 6.45) is 6.09. The lowest BCUT2D eigenvalue weighted by Crippen LogP contribution is -2.42. The summed E-state index contributed by atoms with van der Waals surface area (Å²) in [5, 5.41) is 12.8. The van der Waals surface area contributed by atoms with Crippen LogP contribution in [-0.4, -0.2) is 38.3 Å². The molecule has 1 saturated carbocycles. The molecule has 26 heavy (non-hydrogen) atoms. The number of nitrogens with one attached hydrogen (secondary N) is 1. The lowest BCUT2D eigenvalue weighted by atomic mass is 9.71. The molecule has 1 unspecified atom stereocenters. The lowest BCUT2D eigenvalue weighted by Gasteiger charge is -2.38. The van der Waals surface area contributed by atoms with Crippen LogP contribution < -0.4 is 14.8 Å². The second kappa shape index (κ2) is 9.59.